The highest BCUT2D eigenvalue weighted by Crippen LogP contribution is 2.09. The van der Waals surface area contributed by atoms with E-state index < -0.39 is 0 Å². The van der Waals surface area contributed by atoms with E-state index in [-0.39, 0.29) is 0 Å². The minimum atomic E-state index is 0.355. The van der Waals surface area contributed by atoms with Crippen LogP contribution in [-0.4, -0.2) is 23.9 Å². The van der Waals surface area contributed by atoms with Crippen LogP contribution in [0.25, 0.3) is 0 Å². The van der Waals surface area contributed by atoms with Gasteiger partial charge in [0.1, 0.15) is 0 Å². The molecule has 0 bridgehead atoms. The Morgan fingerprint density at radius 1 is 1.00 bits per heavy atom. The highest BCUT2D eigenvalue weighted by Gasteiger charge is 2.13. The number of hydrogen-bond acceptors (Lipinski definition) is 1. The third kappa shape index (κ3) is 9.20. The lowest BCUT2D eigenvalue weighted by molar-refractivity contribution is -0.131. The number of unbranched alkanes of at least 4 members (excludes halogenated alkanes) is 1. The van der Waals surface area contributed by atoms with Crippen molar-refractivity contribution in [3.8, 4) is 0 Å². The first-order valence-electron chi connectivity index (χ1n) is 7.25. The van der Waals surface area contributed by atoms with E-state index in [2.05, 4.69) is 39.5 Å². The van der Waals surface area contributed by atoms with Crippen LogP contribution in [0.4, 0.5) is 0 Å². The molecular weight excluding hydrogens is 210 g/mol. The molecule has 0 aliphatic carbocycles. The zero-order chi connectivity index (χ0) is 13.3. The van der Waals surface area contributed by atoms with Gasteiger partial charge in [0, 0.05) is 19.5 Å². The Balaban J connectivity index is 4.12. The summed E-state index contributed by atoms with van der Waals surface area (Å²) in [5, 5.41) is 0. The van der Waals surface area contributed by atoms with Crippen LogP contribution >= 0.6 is 0 Å². The minimum Gasteiger partial charge on any atom is -0.343 e. The maximum absolute atomic E-state index is 12.1. The maximum Gasteiger partial charge on any atom is 0.222 e. The third-order valence-corrected chi connectivity index (χ3v) is 3.05. The first-order valence-corrected chi connectivity index (χ1v) is 7.25. The summed E-state index contributed by atoms with van der Waals surface area (Å²) in [6, 6.07) is 0. The molecule has 0 saturated heterocycles. The molecule has 0 aromatic carbocycles. The lowest BCUT2D eigenvalue weighted by Gasteiger charge is -2.24. The van der Waals surface area contributed by atoms with Gasteiger partial charge >= 0.3 is 0 Å². The van der Waals surface area contributed by atoms with Crippen molar-refractivity contribution in [3.05, 3.63) is 0 Å². The van der Waals surface area contributed by atoms with Crippen molar-refractivity contribution in [1.82, 2.24) is 4.90 Å². The molecule has 0 aromatic heterocycles. The van der Waals surface area contributed by atoms with Crippen molar-refractivity contribution in [2.24, 2.45) is 11.8 Å². The summed E-state index contributed by atoms with van der Waals surface area (Å²) < 4.78 is 0. The van der Waals surface area contributed by atoms with Crippen molar-refractivity contribution in [1.29, 1.82) is 0 Å². The summed E-state index contributed by atoms with van der Waals surface area (Å²) in [6.45, 7) is 12.9. The molecule has 0 spiro atoms. The Kier molecular flexibility index (Phi) is 9.20. The van der Waals surface area contributed by atoms with Crippen LogP contribution < -0.4 is 0 Å². The maximum atomic E-state index is 12.1. The van der Waals surface area contributed by atoms with Crippen molar-refractivity contribution >= 4 is 5.91 Å². The lowest BCUT2D eigenvalue weighted by atomic mass is 10.1. The molecule has 1 amide bonds. The molecule has 0 saturated carbocycles. The van der Waals surface area contributed by atoms with Gasteiger partial charge < -0.3 is 4.90 Å². The number of hydrogen-bond donors (Lipinski definition) is 0. The quantitative estimate of drug-likeness (QED) is 0.595. The van der Waals surface area contributed by atoms with Crippen LogP contribution in [0.15, 0.2) is 0 Å². The molecule has 102 valence electrons. The molecule has 0 rings (SSSR count). The molecule has 0 atom stereocenters. The van der Waals surface area contributed by atoms with E-state index in [1.165, 1.54) is 0 Å². The second-order valence-electron chi connectivity index (χ2n) is 5.85. The topological polar surface area (TPSA) is 20.3 Å². The first kappa shape index (κ1) is 16.5. The summed E-state index contributed by atoms with van der Waals surface area (Å²) in [7, 11) is 0. The molecule has 0 aliphatic heterocycles. The Morgan fingerprint density at radius 3 is 1.82 bits per heavy atom. The van der Waals surface area contributed by atoms with Crippen molar-refractivity contribution in [2.45, 2.75) is 66.7 Å². The van der Waals surface area contributed by atoms with Crippen molar-refractivity contribution in [3.63, 3.8) is 0 Å². The van der Waals surface area contributed by atoms with E-state index in [9.17, 15) is 4.79 Å². The lowest BCUT2D eigenvalue weighted by Crippen LogP contribution is -2.33. The van der Waals surface area contributed by atoms with E-state index >= 15 is 0 Å². The van der Waals surface area contributed by atoms with Crippen LogP contribution in [0.5, 0.6) is 0 Å². The van der Waals surface area contributed by atoms with Gasteiger partial charge in [-0.2, -0.15) is 0 Å². The summed E-state index contributed by atoms with van der Waals surface area (Å²) in [6.07, 6.45) is 5.10. The van der Waals surface area contributed by atoms with E-state index in [0.29, 0.717) is 17.7 Å². The minimum absolute atomic E-state index is 0.355. The predicted molar refractivity (Wildman–Crippen MR) is 75.0 cm³/mol. The second kappa shape index (κ2) is 9.49. The van der Waals surface area contributed by atoms with Crippen molar-refractivity contribution in [2.75, 3.05) is 13.1 Å². The second-order valence-corrected chi connectivity index (χ2v) is 5.85. The van der Waals surface area contributed by atoms with E-state index in [4.69, 9.17) is 0 Å². The van der Waals surface area contributed by atoms with Crippen molar-refractivity contribution < 1.29 is 4.79 Å². The van der Waals surface area contributed by atoms with E-state index in [1.807, 2.05) is 0 Å². The SMILES string of the molecule is CCCCC(=O)N(CCC(C)C)CCC(C)C. The van der Waals surface area contributed by atoms with Crippen LogP contribution in [0.1, 0.15) is 66.7 Å². The van der Waals surface area contributed by atoms with E-state index in [1.54, 1.807) is 0 Å². The molecule has 2 heteroatoms. The fourth-order valence-corrected chi connectivity index (χ4v) is 1.68. The summed E-state index contributed by atoms with van der Waals surface area (Å²) in [5.41, 5.74) is 0. The molecule has 0 N–H and O–H groups in total. The standard InChI is InChI=1S/C15H31NO/c1-6-7-8-15(17)16(11-9-13(2)3)12-10-14(4)5/h13-14H,6-12H2,1-5H3. The Bertz CT molecular complexity index is 187. The van der Waals surface area contributed by atoms with Gasteiger partial charge in [0.25, 0.3) is 0 Å². The number of carbonyl (C=O) groups is 1. The monoisotopic (exact) mass is 241 g/mol. The molecular formula is C15H31NO. The van der Waals surface area contributed by atoms with Gasteiger partial charge in [-0.25, -0.2) is 0 Å². The van der Waals surface area contributed by atoms with Gasteiger partial charge in [0.15, 0.2) is 0 Å². The molecule has 17 heavy (non-hydrogen) atoms. The molecule has 2 nitrogen and oxygen atoms in total. The van der Waals surface area contributed by atoms with Gasteiger partial charge in [0.05, 0.1) is 0 Å². The average Bonchev–Trinajstić information content (AvgIpc) is 2.25. The Labute approximate surface area is 108 Å². The summed E-state index contributed by atoms with van der Waals surface area (Å²) >= 11 is 0. The molecule has 0 heterocycles. The van der Waals surface area contributed by atoms with Gasteiger partial charge in [-0.1, -0.05) is 41.0 Å². The average molecular weight is 241 g/mol. The first-order chi connectivity index (χ1) is 7.97. The fraction of sp³-hybridized carbons (Fsp3) is 0.933. The number of amides is 1. The van der Waals surface area contributed by atoms with Gasteiger partial charge in [-0.3, -0.25) is 4.79 Å². The van der Waals surface area contributed by atoms with Crippen LogP contribution in [0, 0.1) is 11.8 Å². The molecule has 0 aliphatic rings. The smallest absolute Gasteiger partial charge is 0.222 e. The molecule has 0 aromatic rings. The highest BCUT2D eigenvalue weighted by molar-refractivity contribution is 5.76. The Hall–Kier alpha value is -0.530. The predicted octanol–water partition coefficient (Wildman–Crippen LogP) is 4.10. The zero-order valence-corrected chi connectivity index (χ0v) is 12.5. The number of rotatable bonds is 9. The molecule has 0 radical (unpaired) electrons. The van der Waals surface area contributed by atoms with Gasteiger partial charge in [-0.15, -0.1) is 0 Å². The van der Waals surface area contributed by atoms with Crippen LogP contribution in [-0.2, 0) is 4.79 Å². The fourth-order valence-electron chi connectivity index (χ4n) is 1.68. The third-order valence-electron chi connectivity index (χ3n) is 3.05. The van der Waals surface area contributed by atoms with Crippen LogP contribution in [0.2, 0.25) is 0 Å². The highest BCUT2D eigenvalue weighted by atomic mass is 16.2. The summed E-state index contributed by atoms with van der Waals surface area (Å²) in [4.78, 5) is 14.1. The molecule has 0 fully saturated rings. The van der Waals surface area contributed by atoms with Gasteiger partial charge in [-0.05, 0) is 31.1 Å². The number of carbonyl (C=O) groups excluding carboxylic acids is 1. The van der Waals surface area contributed by atoms with Crippen LogP contribution in [0.3, 0.4) is 0 Å². The Morgan fingerprint density at radius 2 is 1.47 bits per heavy atom. The number of nitrogens with zero attached hydrogens (tertiary/aromatic N) is 1. The van der Waals surface area contributed by atoms with E-state index in [0.717, 1.165) is 45.2 Å². The summed E-state index contributed by atoms with van der Waals surface area (Å²) in [5.74, 6) is 1.71. The molecule has 0 unspecified atom stereocenters. The van der Waals surface area contributed by atoms with Gasteiger partial charge in [0.2, 0.25) is 5.91 Å². The zero-order valence-electron chi connectivity index (χ0n) is 12.5. The largest absolute Gasteiger partial charge is 0.343 e. The normalized spacial score (nSPS) is 11.2.